The summed E-state index contributed by atoms with van der Waals surface area (Å²) >= 11 is 5.84. The van der Waals surface area contributed by atoms with E-state index in [4.69, 9.17) is 26.0 Å². The molecule has 0 aliphatic carbocycles. The van der Waals surface area contributed by atoms with E-state index < -0.39 is 5.97 Å². The second kappa shape index (κ2) is 6.58. The molecular formula is C14H15ClN2O4. The Bertz CT molecular complexity index is 640. The number of hydrogen-bond acceptors (Lipinski definition) is 5. The number of benzene rings is 1. The third-order valence-electron chi connectivity index (χ3n) is 2.63. The lowest BCUT2D eigenvalue weighted by Gasteiger charge is -2.07. The largest absolute Gasteiger partial charge is 0.483 e. The third kappa shape index (κ3) is 4.19. The van der Waals surface area contributed by atoms with Crippen molar-refractivity contribution in [2.45, 2.75) is 26.9 Å². The number of carboxylic acid groups (broad SMARTS) is 1. The molecule has 0 spiro atoms. The van der Waals surface area contributed by atoms with Gasteiger partial charge in [0.2, 0.25) is 0 Å². The number of hydrogen-bond donors (Lipinski definition) is 1. The number of nitrogens with zero attached hydrogens (tertiary/aromatic N) is 2. The zero-order valence-corrected chi connectivity index (χ0v) is 12.4. The van der Waals surface area contributed by atoms with Crippen LogP contribution in [0.25, 0.3) is 0 Å². The molecule has 0 saturated carbocycles. The number of carbonyl (C=O) groups is 1. The summed E-state index contributed by atoms with van der Waals surface area (Å²) in [5.74, 6) is 0.393. The highest BCUT2D eigenvalue weighted by molar-refractivity contribution is 6.30. The van der Waals surface area contributed by atoms with E-state index in [0.717, 1.165) is 0 Å². The van der Waals surface area contributed by atoms with E-state index in [0.29, 0.717) is 29.1 Å². The van der Waals surface area contributed by atoms with Crippen molar-refractivity contribution in [2.24, 2.45) is 5.92 Å². The van der Waals surface area contributed by atoms with E-state index in [1.807, 2.05) is 0 Å². The molecule has 0 fully saturated rings. The van der Waals surface area contributed by atoms with Crippen LogP contribution in [0.15, 0.2) is 22.7 Å². The van der Waals surface area contributed by atoms with E-state index in [-0.39, 0.29) is 17.9 Å². The van der Waals surface area contributed by atoms with E-state index in [1.165, 1.54) is 18.2 Å². The van der Waals surface area contributed by atoms with Crippen LogP contribution in [0.5, 0.6) is 5.75 Å². The minimum absolute atomic E-state index is 0.00822. The Labute approximate surface area is 126 Å². The molecule has 0 radical (unpaired) electrons. The average Bonchev–Trinajstić information content (AvgIpc) is 2.82. The highest BCUT2D eigenvalue weighted by Crippen LogP contribution is 2.24. The maximum atomic E-state index is 11.1. The first-order valence-corrected chi connectivity index (χ1v) is 6.80. The van der Waals surface area contributed by atoms with Gasteiger partial charge in [0, 0.05) is 11.4 Å². The second-order valence-corrected chi connectivity index (χ2v) is 5.37. The van der Waals surface area contributed by atoms with Gasteiger partial charge in [-0.1, -0.05) is 30.6 Å². The van der Waals surface area contributed by atoms with Crippen molar-refractivity contribution in [1.29, 1.82) is 0 Å². The van der Waals surface area contributed by atoms with Gasteiger partial charge in [0.25, 0.3) is 5.89 Å². The van der Waals surface area contributed by atoms with Gasteiger partial charge in [-0.2, -0.15) is 4.98 Å². The number of carboxylic acids is 1. The summed E-state index contributed by atoms with van der Waals surface area (Å²) in [6.45, 7) is 4.10. The molecule has 6 nitrogen and oxygen atoms in total. The summed E-state index contributed by atoms with van der Waals surface area (Å²) in [5, 5.41) is 13.3. The lowest BCUT2D eigenvalue weighted by molar-refractivity contribution is 0.0691. The molecular weight excluding hydrogens is 296 g/mol. The molecule has 0 unspecified atom stereocenters. The Morgan fingerprint density at radius 2 is 2.24 bits per heavy atom. The van der Waals surface area contributed by atoms with Gasteiger partial charge in [0.15, 0.2) is 12.4 Å². The van der Waals surface area contributed by atoms with Crippen LogP contribution in [-0.4, -0.2) is 21.2 Å². The normalized spacial score (nSPS) is 10.9. The summed E-state index contributed by atoms with van der Waals surface area (Å²) < 4.78 is 10.5. The van der Waals surface area contributed by atoms with Gasteiger partial charge in [-0.3, -0.25) is 0 Å². The molecule has 112 valence electrons. The van der Waals surface area contributed by atoms with Crippen LogP contribution in [0.3, 0.4) is 0 Å². The van der Waals surface area contributed by atoms with E-state index in [9.17, 15) is 4.79 Å². The lowest BCUT2D eigenvalue weighted by Crippen LogP contribution is -2.04. The predicted molar refractivity (Wildman–Crippen MR) is 75.6 cm³/mol. The smallest absolute Gasteiger partial charge is 0.339 e. The number of halogens is 1. The fraction of sp³-hybridized carbons (Fsp3) is 0.357. The van der Waals surface area contributed by atoms with E-state index >= 15 is 0 Å². The second-order valence-electron chi connectivity index (χ2n) is 4.94. The van der Waals surface area contributed by atoms with Crippen molar-refractivity contribution >= 4 is 17.6 Å². The fourth-order valence-corrected chi connectivity index (χ4v) is 1.89. The molecule has 1 heterocycles. The summed E-state index contributed by atoms with van der Waals surface area (Å²) in [5.41, 5.74) is 0.0290. The van der Waals surface area contributed by atoms with Gasteiger partial charge in [-0.25, -0.2) is 4.79 Å². The SMILES string of the molecule is CC(C)Cc1noc(COc2cc(Cl)ccc2C(=O)O)n1. The Hall–Kier alpha value is -2.08. The lowest BCUT2D eigenvalue weighted by atomic mass is 10.1. The van der Waals surface area contributed by atoms with Gasteiger partial charge >= 0.3 is 5.97 Å². The Balaban J connectivity index is 2.07. The van der Waals surface area contributed by atoms with E-state index in [1.54, 1.807) is 0 Å². The van der Waals surface area contributed by atoms with Crippen LogP contribution in [0.2, 0.25) is 5.02 Å². The summed E-state index contributed by atoms with van der Waals surface area (Å²) in [6, 6.07) is 4.32. The summed E-state index contributed by atoms with van der Waals surface area (Å²) in [6.07, 6.45) is 0.709. The predicted octanol–water partition coefficient (Wildman–Crippen LogP) is 3.20. The van der Waals surface area contributed by atoms with Gasteiger partial charge in [0.05, 0.1) is 0 Å². The van der Waals surface area contributed by atoms with Crippen LogP contribution >= 0.6 is 11.6 Å². The molecule has 2 rings (SSSR count). The molecule has 0 atom stereocenters. The Morgan fingerprint density at radius 3 is 2.90 bits per heavy atom. The quantitative estimate of drug-likeness (QED) is 0.881. The molecule has 0 aliphatic heterocycles. The van der Waals surface area contributed by atoms with E-state index in [2.05, 4.69) is 24.0 Å². The van der Waals surface area contributed by atoms with Gasteiger partial charge in [-0.15, -0.1) is 0 Å². The molecule has 7 heteroatoms. The van der Waals surface area contributed by atoms with Crippen LogP contribution in [0.4, 0.5) is 0 Å². The van der Waals surface area contributed by atoms with Crippen molar-refractivity contribution in [2.75, 3.05) is 0 Å². The highest BCUT2D eigenvalue weighted by Gasteiger charge is 2.14. The first kappa shape index (κ1) is 15.3. The number of aromatic nitrogens is 2. The number of aromatic carboxylic acids is 1. The third-order valence-corrected chi connectivity index (χ3v) is 2.86. The maximum Gasteiger partial charge on any atom is 0.339 e. The first-order valence-electron chi connectivity index (χ1n) is 6.43. The minimum Gasteiger partial charge on any atom is -0.483 e. The molecule has 1 aromatic carbocycles. The zero-order chi connectivity index (χ0) is 15.4. The van der Waals surface area contributed by atoms with Gasteiger partial charge < -0.3 is 14.4 Å². The van der Waals surface area contributed by atoms with Crippen molar-refractivity contribution in [1.82, 2.24) is 10.1 Å². The molecule has 0 aliphatic rings. The molecule has 21 heavy (non-hydrogen) atoms. The van der Waals surface area contributed by atoms with Crippen molar-refractivity contribution < 1.29 is 19.2 Å². The highest BCUT2D eigenvalue weighted by atomic mass is 35.5. The molecule has 0 saturated heterocycles. The average molecular weight is 311 g/mol. The molecule has 0 bridgehead atoms. The molecule has 1 aromatic heterocycles. The maximum absolute atomic E-state index is 11.1. The van der Waals surface area contributed by atoms with Crippen molar-refractivity contribution in [3.05, 3.63) is 40.5 Å². The minimum atomic E-state index is -1.09. The summed E-state index contributed by atoms with van der Waals surface area (Å²) in [4.78, 5) is 15.3. The summed E-state index contributed by atoms with van der Waals surface area (Å²) in [7, 11) is 0. The van der Waals surface area contributed by atoms with Gasteiger partial charge in [0.1, 0.15) is 11.3 Å². The number of rotatable bonds is 6. The molecule has 2 aromatic rings. The van der Waals surface area contributed by atoms with Crippen LogP contribution in [0, 0.1) is 5.92 Å². The molecule has 1 N–H and O–H groups in total. The van der Waals surface area contributed by atoms with Crippen LogP contribution < -0.4 is 4.74 Å². The zero-order valence-electron chi connectivity index (χ0n) is 11.7. The Kier molecular flexibility index (Phi) is 4.80. The van der Waals surface area contributed by atoms with Crippen LogP contribution in [-0.2, 0) is 13.0 Å². The van der Waals surface area contributed by atoms with Crippen LogP contribution in [0.1, 0.15) is 35.9 Å². The van der Waals surface area contributed by atoms with Crippen molar-refractivity contribution in [3.63, 3.8) is 0 Å². The first-order chi connectivity index (χ1) is 9.95. The van der Waals surface area contributed by atoms with Gasteiger partial charge in [-0.05, 0) is 24.1 Å². The fourth-order valence-electron chi connectivity index (χ4n) is 1.73. The Morgan fingerprint density at radius 1 is 1.48 bits per heavy atom. The monoisotopic (exact) mass is 310 g/mol. The molecule has 0 amide bonds. The topological polar surface area (TPSA) is 85.5 Å². The number of ether oxygens (including phenoxy) is 1. The standard InChI is InChI=1S/C14H15ClN2O4/c1-8(2)5-12-16-13(21-17-12)7-20-11-6-9(15)3-4-10(11)14(18)19/h3-4,6,8H,5,7H2,1-2H3,(H,18,19). The van der Waals surface area contributed by atoms with Crippen molar-refractivity contribution in [3.8, 4) is 5.75 Å².